The number of thioether (sulfide) groups is 1. The Morgan fingerprint density at radius 2 is 1.87 bits per heavy atom. The molecule has 3 fully saturated rings. The second kappa shape index (κ2) is 12.3. The first-order valence-electron chi connectivity index (χ1n) is 14.6. The van der Waals surface area contributed by atoms with Crippen LogP contribution in [0.4, 0.5) is 0 Å². The van der Waals surface area contributed by atoms with E-state index in [0.717, 1.165) is 38.9 Å². The number of aliphatic hydroxyl groups is 1. The summed E-state index contributed by atoms with van der Waals surface area (Å²) >= 11 is 1.57. The molecule has 216 valence electrons. The van der Waals surface area contributed by atoms with Crippen molar-refractivity contribution >= 4 is 29.5 Å². The molecule has 0 aliphatic carbocycles. The van der Waals surface area contributed by atoms with Crippen molar-refractivity contribution < 1.29 is 29.0 Å². The van der Waals surface area contributed by atoms with Crippen LogP contribution in [0.1, 0.15) is 39.5 Å². The molecule has 0 aromatic heterocycles. The van der Waals surface area contributed by atoms with Crippen LogP contribution in [0.15, 0.2) is 24.3 Å². The predicted molar refractivity (Wildman–Crippen MR) is 149 cm³/mol. The fourth-order valence-corrected chi connectivity index (χ4v) is 8.89. The fourth-order valence-electron chi connectivity index (χ4n) is 6.90. The molecule has 0 saturated carbocycles. The van der Waals surface area contributed by atoms with Gasteiger partial charge in [0, 0.05) is 38.0 Å². The van der Waals surface area contributed by atoms with Crippen molar-refractivity contribution in [2.45, 2.75) is 61.6 Å². The predicted octanol–water partition coefficient (Wildman–Crippen LogP) is 1.70. The van der Waals surface area contributed by atoms with Gasteiger partial charge in [-0.15, -0.1) is 11.8 Å². The zero-order valence-corrected chi connectivity index (χ0v) is 24.0. The number of amides is 2. The molecule has 39 heavy (non-hydrogen) atoms. The van der Waals surface area contributed by atoms with Crippen molar-refractivity contribution in [2.75, 3.05) is 59.2 Å². The highest BCUT2D eigenvalue weighted by molar-refractivity contribution is 8.02. The van der Waals surface area contributed by atoms with Crippen molar-refractivity contribution in [1.29, 1.82) is 0 Å². The van der Waals surface area contributed by atoms with Crippen LogP contribution < -0.4 is 0 Å². The number of aliphatic hydroxyl groups excluding tert-OH is 1. The van der Waals surface area contributed by atoms with Crippen molar-refractivity contribution in [3.05, 3.63) is 24.3 Å². The van der Waals surface area contributed by atoms with E-state index in [1.165, 1.54) is 0 Å². The van der Waals surface area contributed by atoms with E-state index in [1.807, 2.05) is 17.1 Å². The summed E-state index contributed by atoms with van der Waals surface area (Å²) in [5.41, 5.74) is 0. The maximum absolute atomic E-state index is 14.5. The number of rotatable bonds is 7. The third-order valence-electron chi connectivity index (χ3n) is 8.76. The Morgan fingerprint density at radius 3 is 2.62 bits per heavy atom. The average Bonchev–Trinajstić information content (AvgIpc) is 3.32. The summed E-state index contributed by atoms with van der Waals surface area (Å²) in [5, 5.41) is 10.2. The van der Waals surface area contributed by atoms with Gasteiger partial charge in [0.1, 0.15) is 6.04 Å². The van der Waals surface area contributed by atoms with Gasteiger partial charge in [-0.3, -0.25) is 19.3 Å². The number of carbonyl (C=O) groups is 3. The highest BCUT2D eigenvalue weighted by atomic mass is 32.2. The fraction of sp³-hybridized carbons (Fsp3) is 0.759. The number of nitrogens with zero attached hydrogens (tertiary/aromatic N) is 3. The molecule has 6 atom stereocenters. The van der Waals surface area contributed by atoms with E-state index in [4.69, 9.17) is 9.47 Å². The molecular weight excluding hydrogens is 518 g/mol. The van der Waals surface area contributed by atoms with Crippen molar-refractivity contribution in [2.24, 2.45) is 17.8 Å². The van der Waals surface area contributed by atoms with Crippen LogP contribution in [0.5, 0.6) is 0 Å². The normalized spacial score (nSPS) is 35.3. The van der Waals surface area contributed by atoms with Crippen LogP contribution in [-0.2, 0) is 23.9 Å². The third kappa shape index (κ3) is 5.54. The number of carbonyl (C=O) groups excluding carboxylic acids is 3. The van der Waals surface area contributed by atoms with E-state index in [0.29, 0.717) is 39.3 Å². The minimum atomic E-state index is -0.890. The summed E-state index contributed by atoms with van der Waals surface area (Å²) in [4.78, 5) is 48.1. The first-order valence-corrected chi connectivity index (χ1v) is 15.5. The molecule has 0 aromatic carbocycles. The van der Waals surface area contributed by atoms with Crippen LogP contribution in [-0.4, -0.2) is 119 Å². The van der Waals surface area contributed by atoms with E-state index < -0.39 is 28.7 Å². The van der Waals surface area contributed by atoms with Gasteiger partial charge >= 0.3 is 5.97 Å². The summed E-state index contributed by atoms with van der Waals surface area (Å²) in [5.74, 6) is -1.82. The van der Waals surface area contributed by atoms with Gasteiger partial charge in [0.25, 0.3) is 0 Å². The van der Waals surface area contributed by atoms with Gasteiger partial charge in [0.2, 0.25) is 11.8 Å². The van der Waals surface area contributed by atoms with Gasteiger partial charge in [0.15, 0.2) is 0 Å². The monoisotopic (exact) mass is 561 g/mol. The van der Waals surface area contributed by atoms with Crippen molar-refractivity contribution in [1.82, 2.24) is 14.7 Å². The average molecular weight is 562 g/mol. The Balaban J connectivity index is 1.52. The first-order chi connectivity index (χ1) is 18.9. The van der Waals surface area contributed by atoms with E-state index in [1.54, 1.807) is 16.7 Å². The minimum Gasteiger partial charge on any atom is -0.465 e. The van der Waals surface area contributed by atoms with Crippen LogP contribution in [0.2, 0.25) is 0 Å². The van der Waals surface area contributed by atoms with Crippen molar-refractivity contribution in [3.8, 4) is 0 Å². The molecule has 0 radical (unpaired) electrons. The molecule has 1 unspecified atom stereocenters. The molecule has 5 aliphatic rings. The largest absolute Gasteiger partial charge is 0.465 e. The van der Waals surface area contributed by atoms with Gasteiger partial charge in [-0.2, -0.15) is 0 Å². The van der Waals surface area contributed by atoms with Crippen LogP contribution in [0, 0.1) is 17.8 Å². The second-order valence-corrected chi connectivity index (χ2v) is 13.3. The minimum absolute atomic E-state index is 0.0973. The highest BCUT2D eigenvalue weighted by Crippen LogP contribution is 2.61. The molecule has 0 bridgehead atoms. The Morgan fingerprint density at radius 1 is 1.08 bits per heavy atom. The number of morpholine rings is 1. The smallest absolute Gasteiger partial charge is 0.311 e. The van der Waals surface area contributed by atoms with Gasteiger partial charge in [-0.25, -0.2) is 0 Å². The maximum atomic E-state index is 14.5. The lowest BCUT2D eigenvalue weighted by Gasteiger charge is -2.39. The second-order valence-electron chi connectivity index (χ2n) is 11.8. The maximum Gasteiger partial charge on any atom is 0.311 e. The molecule has 1 N–H and O–H groups in total. The summed E-state index contributed by atoms with van der Waals surface area (Å²) in [7, 11) is 0. The lowest BCUT2D eigenvalue weighted by molar-refractivity contribution is -0.154. The number of likely N-dealkylation sites (tertiary alicyclic amines) is 1. The molecule has 2 amide bonds. The van der Waals surface area contributed by atoms with Crippen LogP contribution in [0.25, 0.3) is 0 Å². The Bertz CT molecular complexity index is 982. The third-order valence-corrected chi connectivity index (χ3v) is 10.5. The Labute approximate surface area is 235 Å². The number of allylic oxidation sites excluding steroid dienone is 1. The highest BCUT2D eigenvalue weighted by Gasteiger charge is 2.71. The van der Waals surface area contributed by atoms with Crippen LogP contribution in [0.3, 0.4) is 0 Å². The van der Waals surface area contributed by atoms with E-state index in [-0.39, 0.29) is 35.6 Å². The molecular formula is C29H43N3O6S. The van der Waals surface area contributed by atoms with E-state index in [9.17, 15) is 19.5 Å². The van der Waals surface area contributed by atoms with E-state index >= 15 is 0 Å². The van der Waals surface area contributed by atoms with E-state index in [2.05, 4.69) is 30.9 Å². The molecule has 5 rings (SSSR count). The summed E-state index contributed by atoms with van der Waals surface area (Å²) < 4.78 is 10.3. The molecule has 9 nitrogen and oxygen atoms in total. The van der Waals surface area contributed by atoms with Gasteiger partial charge < -0.3 is 24.4 Å². The van der Waals surface area contributed by atoms with Crippen molar-refractivity contribution in [3.63, 3.8) is 0 Å². The molecule has 5 heterocycles. The summed E-state index contributed by atoms with van der Waals surface area (Å²) in [6.45, 7) is 9.04. The topological polar surface area (TPSA) is 99.6 Å². The standard InChI is InChI=1S/C29H43N3O6S/c1-20(2)18-21(19-33)32-25-27(35)31(12-11-30-13-16-37-17-14-30)10-7-9-29(25)24(26(32)34)23-22(39-29)8-5-3-4-6-15-38-28(23)36/h5,7-9,20-25,33H,3-4,6,10-19H2,1-2H3/b8-5-/t21-,22+,23-,24+,25?,29+/m1/s1. The molecule has 5 aliphatic heterocycles. The van der Waals surface area contributed by atoms with Gasteiger partial charge in [-0.1, -0.05) is 38.2 Å². The number of hydrogen-bond acceptors (Lipinski definition) is 8. The molecule has 0 aromatic rings. The summed E-state index contributed by atoms with van der Waals surface area (Å²) in [6, 6.07) is -1.27. The quantitative estimate of drug-likeness (QED) is 0.371. The number of fused-ring (bicyclic) bond motifs is 2. The van der Waals surface area contributed by atoms with Crippen LogP contribution >= 0.6 is 11.8 Å². The first kappa shape index (κ1) is 28.6. The number of cyclic esters (lactones) is 1. The summed E-state index contributed by atoms with van der Waals surface area (Å²) in [6.07, 6.45) is 11.4. The molecule has 10 heteroatoms. The zero-order valence-electron chi connectivity index (χ0n) is 23.2. The molecule has 3 saturated heterocycles. The Kier molecular flexibility index (Phi) is 9.05. The number of hydrogen-bond donors (Lipinski definition) is 1. The SMILES string of the molecule is CC(C)C[C@H](CO)N1C(=O)[C@@H]2[C@@H]3C(=O)OCCCC/C=C\[C@@H]3S[C@@]23C=CCN(CCN2CCOCC2)C(=O)C13. The van der Waals surface area contributed by atoms with Gasteiger partial charge in [-0.05, 0) is 31.6 Å². The van der Waals surface area contributed by atoms with Gasteiger partial charge in [0.05, 0.1) is 49.1 Å². The lowest BCUT2D eigenvalue weighted by atomic mass is 9.78. The lowest BCUT2D eigenvalue weighted by Crippen LogP contribution is -2.57. The Hall–Kier alpha value is -1.88. The number of esters is 1. The molecule has 1 spiro atoms. The zero-order chi connectivity index (χ0) is 27.6. The number of ether oxygens (including phenoxy) is 2.